The fourth-order valence-electron chi connectivity index (χ4n) is 8.85. The molecule has 0 saturated carbocycles. The van der Waals surface area contributed by atoms with Crippen LogP contribution in [-0.4, -0.2) is 96.7 Å². The molecule has 12 heterocycles. The number of thioether (sulfide) groups is 2. The molecule has 12 rings (SSSR count). The van der Waals surface area contributed by atoms with Crippen LogP contribution in [0.5, 0.6) is 46.0 Å². The zero-order valence-corrected chi connectivity index (χ0v) is 43.8. The van der Waals surface area contributed by atoms with Gasteiger partial charge in [-0.25, -0.2) is 0 Å². The maximum atomic E-state index is 6.62. The van der Waals surface area contributed by atoms with Gasteiger partial charge < -0.3 is 56.8 Å². The highest BCUT2D eigenvalue weighted by Gasteiger charge is 2.49. The molecular weight excluding hydrogens is 961 g/mol. The molecule has 4 aromatic rings. The number of fused-ring (bicyclic) bond motifs is 6. The fourth-order valence-corrected chi connectivity index (χ4v) is 17.4. The summed E-state index contributed by atoms with van der Waals surface area (Å²) in [6, 6.07) is 0. The van der Waals surface area contributed by atoms with Crippen LogP contribution in [-0.2, 0) is 24.4 Å². The lowest BCUT2D eigenvalue weighted by Gasteiger charge is -2.28. The van der Waals surface area contributed by atoms with E-state index in [2.05, 4.69) is 34.6 Å². The Morgan fingerprint density at radius 1 is 0.455 bits per heavy atom. The molecule has 0 aliphatic carbocycles. The Balaban J connectivity index is 0.00000125. The molecule has 4 unspecified atom stereocenters. The Morgan fingerprint density at radius 2 is 0.848 bits per heavy atom. The van der Waals surface area contributed by atoms with Gasteiger partial charge in [-0.05, 0) is 12.3 Å². The van der Waals surface area contributed by atoms with Crippen molar-refractivity contribution in [3.05, 3.63) is 31.0 Å². The molecular formula is C48H58O12S6. The number of hydrogen-bond acceptors (Lipinski definition) is 18. The van der Waals surface area contributed by atoms with E-state index in [-0.39, 0.29) is 28.1 Å². The van der Waals surface area contributed by atoms with Crippen LogP contribution in [0.25, 0.3) is 29.3 Å². The molecule has 0 radical (unpaired) electrons. The maximum absolute atomic E-state index is 6.62. The molecule has 0 bridgehead atoms. The average molecular weight is 1020 g/mol. The van der Waals surface area contributed by atoms with Crippen LogP contribution in [0.3, 0.4) is 0 Å². The quantitative estimate of drug-likeness (QED) is 0.167. The minimum atomic E-state index is -0.326. The Bertz CT molecular complexity index is 2510. The Morgan fingerprint density at radius 3 is 1.39 bits per heavy atom. The van der Waals surface area contributed by atoms with E-state index in [1.165, 1.54) is 4.88 Å². The van der Waals surface area contributed by atoms with E-state index in [9.17, 15) is 0 Å². The van der Waals surface area contributed by atoms with Crippen molar-refractivity contribution in [2.24, 2.45) is 5.92 Å². The zero-order valence-electron chi connectivity index (χ0n) is 38.9. The summed E-state index contributed by atoms with van der Waals surface area (Å²) in [5.74, 6) is 8.13. The molecule has 2 fully saturated rings. The predicted molar refractivity (Wildman–Crippen MR) is 267 cm³/mol. The van der Waals surface area contributed by atoms with Crippen molar-refractivity contribution in [2.75, 3.05) is 79.3 Å². The summed E-state index contributed by atoms with van der Waals surface area (Å²) in [6.45, 7) is 25.0. The van der Waals surface area contributed by atoms with Crippen molar-refractivity contribution in [3.63, 3.8) is 0 Å². The van der Waals surface area contributed by atoms with Gasteiger partial charge in [-0.15, -0.1) is 68.9 Å². The molecule has 4 atom stereocenters. The van der Waals surface area contributed by atoms with E-state index in [1.807, 2.05) is 39.5 Å². The fraction of sp³-hybridized carbons (Fsp3) is 0.583. The van der Waals surface area contributed by atoms with E-state index in [4.69, 9.17) is 56.8 Å². The molecule has 2 saturated heterocycles. The van der Waals surface area contributed by atoms with Gasteiger partial charge in [0, 0.05) is 10.7 Å². The second kappa shape index (κ2) is 19.4. The number of hydrogen-bond donors (Lipinski definition) is 0. The molecule has 18 heteroatoms. The summed E-state index contributed by atoms with van der Waals surface area (Å²) in [5, 5.41) is 0.0760. The van der Waals surface area contributed by atoms with Gasteiger partial charge in [0.2, 0.25) is 0 Å². The molecule has 4 aromatic heterocycles. The SMILES string of the molecule is CC.CC.CCC(C)(C)c1sc(C2=C3OCCOC3C(c3sc(-c4sc(-c5sc(C6=C7OCCOC7C(C(C)C)S6)c6c5OCCO6)c5c4OCCO5)c4c3OCCO4)S2)c2c1OCCO2. The number of ether oxygens (including phenoxy) is 12. The predicted octanol–water partition coefficient (Wildman–Crippen LogP) is 12.5. The lowest BCUT2D eigenvalue weighted by atomic mass is 9.88. The minimum absolute atomic E-state index is 0.0859. The van der Waals surface area contributed by atoms with Crippen molar-refractivity contribution >= 4 is 78.7 Å². The van der Waals surface area contributed by atoms with Gasteiger partial charge in [0.15, 0.2) is 46.0 Å². The van der Waals surface area contributed by atoms with Gasteiger partial charge in [0.25, 0.3) is 0 Å². The smallest absolute Gasteiger partial charge is 0.181 e. The molecule has 358 valence electrons. The molecule has 8 aliphatic rings. The van der Waals surface area contributed by atoms with Crippen LogP contribution >= 0.6 is 68.9 Å². The number of thiophene rings is 4. The third kappa shape index (κ3) is 7.75. The Labute approximate surface area is 411 Å². The summed E-state index contributed by atoms with van der Waals surface area (Å²) in [4.78, 5) is 10.1. The van der Waals surface area contributed by atoms with Gasteiger partial charge in [-0.3, -0.25) is 0 Å². The van der Waals surface area contributed by atoms with Crippen LogP contribution in [0.15, 0.2) is 11.5 Å². The molecule has 8 aliphatic heterocycles. The lowest BCUT2D eigenvalue weighted by Crippen LogP contribution is -2.34. The van der Waals surface area contributed by atoms with E-state index in [0.717, 1.165) is 90.6 Å². The minimum Gasteiger partial charge on any atom is -0.491 e. The first kappa shape index (κ1) is 46.6. The van der Waals surface area contributed by atoms with Crippen molar-refractivity contribution in [1.29, 1.82) is 0 Å². The second-order valence-corrected chi connectivity index (χ2v) is 23.2. The first-order valence-electron chi connectivity index (χ1n) is 23.3. The normalized spacial score (nSPS) is 23.5. The monoisotopic (exact) mass is 1020 g/mol. The van der Waals surface area contributed by atoms with E-state index < -0.39 is 0 Å². The van der Waals surface area contributed by atoms with Gasteiger partial charge in [-0.2, -0.15) is 0 Å². The van der Waals surface area contributed by atoms with Crippen LogP contribution in [0, 0.1) is 5.92 Å². The highest BCUT2D eigenvalue weighted by atomic mass is 32.2. The first-order valence-corrected chi connectivity index (χ1v) is 28.3. The third-order valence-corrected chi connectivity index (χ3v) is 21.1. The van der Waals surface area contributed by atoms with Gasteiger partial charge in [-0.1, -0.05) is 62.3 Å². The highest BCUT2D eigenvalue weighted by Crippen LogP contribution is 2.68. The third-order valence-electron chi connectivity index (χ3n) is 12.2. The van der Waals surface area contributed by atoms with Crippen molar-refractivity contribution < 1.29 is 56.8 Å². The topological polar surface area (TPSA) is 111 Å². The lowest BCUT2D eigenvalue weighted by molar-refractivity contribution is -0.0428. The largest absolute Gasteiger partial charge is 0.491 e. The van der Waals surface area contributed by atoms with Gasteiger partial charge >= 0.3 is 0 Å². The Kier molecular flexibility index (Phi) is 13.7. The molecule has 0 N–H and O–H groups in total. The van der Waals surface area contributed by atoms with Crippen molar-refractivity contribution in [2.45, 2.75) is 96.9 Å². The van der Waals surface area contributed by atoms with E-state index >= 15 is 0 Å². The summed E-state index contributed by atoms with van der Waals surface area (Å²) >= 11 is 10.3. The Hall–Kier alpha value is -3.10. The summed E-state index contributed by atoms with van der Waals surface area (Å²) in [7, 11) is 0. The summed E-state index contributed by atoms with van der Waals surface area (Å²) in [6.07, 6.45) is 0.547. The maximum Gasteiger partial charge on any atom is 0.181 e. The summed E-state index contributed by atoms with van der Waals surface area (Å²) in [5.41, 5.74) is -0.0859. The molecule has 0 spiro atoms. The van der Waals surface area contributed by atoms with Gasteiger partial charge in [0.05, 0.1) is 67.3 Å². The van der Waals surface area contributed by atoms with E-state index in [0.29, 0.717) is 102 Å². The molecule has 0 amide bonds. The highest BCUT2D eigenvalue weighted by molar-refractivity contribution is 8.09. The van der Waals surface area contributed by atoms with Crippen LogP contribution in [0.1, 0.15) is 93.5 Å². The van der Waals surface area contributed by atoms with Gasteiger partial charge in [0.1, 0.15) is 89.8 Å². The standard InChI is InChI=1S/C44H46O12S6.2C2H6/c1-6-44(4,5)43-31-30(55-17-18-56-31)42(62-43)41-29-28(53-15-16-54-29)40(61-41)39-27-26(51-13-14-52-27)38(60-39)37-25-24(49-11-12-50-25)36(59-37)35-23-22(47-9-10-48-23)34(58-35)33-21-20(45-7-8-46-21)32(57-33)19(2)3;2*1-2/h19-20,28,32,40H,6-18H2,1-5H3;2*1-2H3. The molecule has 66 heavy (non-hydrogen) atoms. The average Bonchev–Trinajstić information content (AvgIpc) is 4.23. The molecule has 12 nitrogen and oxygen atoms in total. The van der Waals surface area contributed by atoms with Crippen LogP contribution in [0.2, 0.25) is 0 Å². The van der Waals surface area contributed by atoms with Crippen LogP contribution in [0.4, 0.5) is 0 Å². The van der Waals surface area contributed by atoms with Crippen LogP contribution < -0.4 is 37.9 Å². The first-order chi connectivity index (χ1) is 32.3. The molecule has 0 aromatic carbocycles. The second-order valence-electron chi connectivity index (χ2n) is 16.8. The van der Waals surface area contributed by atoms with Crippen molar-refractivity contribution in [3.8, 4) is 65.5 Å². The summed E-state index contributed by atoms with van der Waals surface area (Å²) < 4.78 is 77.7. The van der Waals surface area contributed by atoms with E-state index in [1.54, 1.807) is 57.1 Å². The van der Waals surface area contributed by atoms with Crippen molar-refractivity contribution in [1.82, 2.24) is 0 Å². The zero-order chi connectivity index (χ0) is 45.9. The number of rotatable bonds is 8.